The molecule has 0 fully saturated rings. The first-order valence-electron chi connectivity index (χ1n) is 10.1. The summed E-state index contributed by atoms with van der Waals surface area (Å²) in [6.45, 7) is -0.243. The highest BCUT2D eigenvalue weighted by Crippen LogP contribution is 2.34. The van der Waals surface area contributed by atoms with Gasteiger partial charge in [-0.25, -0.2) is 13.1 Å². The first-order chi connectivity index (χ1) is 16.4. The molecule has 35 heavy (non-hydrogen) atoms. The van der Waals surface area contributed by atoms with Gasteiger partial charge < -0.3 is 4.74 Å². The van der Waals surface area contributed by atoms with Crippen LogP contribution in [-0.4, -0.2) is 24.5 Å². The molecule has 0 N–H and O–H groups in total. The quantitative estimate of drug-likeness (QED) is 0.268. The van der Waals surface area contributed by atoms with E-state index in [-0.39, 0.29) is 32.9 Å². The maximum Gasteiger partial charge on any atom is 0.435 e. The molecule has 1 heterocycles. The van der Waals surface area contributed by atoms with Gasteiger partial charge in [0, 0.05) is 11.8 Å². The highest BCUT2D eigenvalue weighted by atomic mass is 35.5. The molecule has 3 aromatic carbocycles. The SMILES string of the molecule is CS(=O)(=O)c1cccc(-c2ccc(OCc3cc(C(F)(F)F)nn3-c3ccccc3Cl)cc2Cl)c1. The van der Waals surface area contributed by atoms with Crippen LogP contribution in [0.5, 0.6) is 5.75 Å². The number of aromatic nitrogens is 2. The average Bonchev–Trinajstić information content (AvgIpc) is 3.22. The topological polar surface area (TPSA) is 61.2 Å². The summed E-state index contributed by atoms with van der Waals surface area (Å²) in [5.41, 5.74) is 0.505. The number of rotatable bonds is 6. The fourth-order valence-electron chi connectivity index (χ4n) is 3.36. The predicted octanol–water partition coefficient (Wildman–Crippen LogP) is 6.85. The molecule has 4 rings (SSSR count). The number of para-hydroxylation sites is 1. The van der Waals surface area contributed by atoms with E-state index in [0.29, 0.717) is 16.9 Å². The zero-order valence-electron chi connectivity index (χ0n) is 18.1. The molecule has 0 aliphatic carbocycles. The Hall–Kier alpha value is -3.01. The largest absolute Gasteiger partial charge is 0.487 e. The third kappa shape index (κ3) is 5.63. The van der Waals surface area contributed by atoms with Gasteiger partial charge in [0.25, 0.3) is 0 Å². The maximum atomic E-state index is 13.3. The molecular formula is C24H17Cl2F3N2O3S. The van der Waals surface area contributed by atoms with Crippen LogP contribution in [-0.2, 0) is 22.6 Å². The van der Waals surface area contributed by atoms with Crippen LogP contribution < -0.4 is 4.74 Å². The van der Waals surface area contributed by atoms with Gasteiger partial charge >= 0.3 is 6.18 Å². The molecular weight excluding hydrogens is 524 g/mol. The van der Waals surface area contributed by atoms with Crippen LogP contribution >= 0.6 is 23.2 Å². The van der Waals surface area contributed by atoms with Crippen molar-refractivity contribution in [2.75, 3.05) is 6.26 Å². The Morgan fingerprint density at radius 3 is 2.34 bits per heavy atom. The molecule has 0 saturated carbocycles. The van der Waals surface area contributed by atoms with E-state index in [4.69, 9.17) is 27.9 Å². The Labute approximate surface area is 209 Å². The van der Waals surface area contributed by atoms with Crippen LogP contribution in [0.3, 0.4) is 0 Å². The van der Waals surface area contributed by atoms with Crippen molar-refractivity contribution in [2.45, 2.75) is 17.7 Å². The van der Waals surface area contributed by atoms with Crippen LogP contribution in [0.4, 0.5) is 13.2 Å². The number of ether oxygens (including phenoxy) is 1. The van der Waals surface area contributed by atoms with E-state index in [1.54, 1.807) is 48.5 Å². The fourth-order valence-corrected chi connectivity index (χ4v) is 4.53. The summed E-state index contributed by atoms with van der Waals surface area (Å²) in [5.74, 6) is 0.304. The molecule has 0 aliphatic heterocycles. The van der Waals surface area contributed by atoms with Gasteiger partial charge in [-0.1, -0.05) is 47.5 Å². The van der Waals surface area contributed by atoms with Crippen LogP contribution in [0.25, 0.3) is 16.8 Å². The number of hydrogen-bond donors (Lipinski definition) is 0. The molecule has 4 aromatic rings. The lowest BCUT2D eigenvalue weighted by Gasteiger charge is -2.12. The number of sulfone groups is 1. The zero-order chi connectivity index (χ0) is 25.4. The van der Waals surface area contributed by atoms with Gasteiger partial charge in [0.05, 0.1) is 26.3 Å². The Kier molecular flexibility index (Phi) is 6.86. The van der Waals surface area contributed by atoms with Crippen molar-refractivity contribution in [3.05, 3.63) is 94.2 Å². The van der Waals surface area contributed by atoms with E-state index >= 15 is 0 Å². The summed E-state index contributed by atoms with van der Waals surface area (Å²) in [7, 11) is -3.40. The summed E-state index contributed by atoms with van der Waals surface area (Å²) in [6, 6.07) is 18.4. The normalized spacial score (nSPS) is 12.1. The highest BCUT2D eigenvalue weighted by molar-refractivity contribution is 7.90. The van der Waals surface area contributed by atoms with Crippen molar-refractivity contribution in [1.29, 1.82) is 0 Å². The molecule has 182 valence electrons. The van der Waals surface area contributed by atoms with Crippen molar-refractivity contribution >= 4 is 33.0 Å². The number of hydrogen-bond acceptors (Lipinski definition) is 4. The zero-order valence-corrected chi connectivity index (χ0v) is 20.4. The molecule has 11 heteroatoms. The van der Waals surface area contributed by atoms with E-state index in [1.807, 2.05) is 0 Å². The van der Waals surface area contributed by atoms with E-state index in [2.05, 4.69) is 5.10 Å². The van der Waals surface area contributed by atoms with Gasteiger partial charge in [-0.3, -0.25) is 0 Å². The van der Waals surface area contributed by atoms with Gasteiger partial charge in [-0.15, -0.1) is 0 Å². The molecule has 0 spiro atoms. The fraction of sp³-hybridized carbons (Fsp3) is 0.125. The molecule has 0 bridgehead atoms. The summed E-state index contributed by atoms with van der Waals surface area (Å²) < 4.78 is 70.5. The summed E-state index contributed by atoms with van der Waals surface area (Å²) in [6.07, 6.45) is -3.53. The smallest absolute Gasteiger partial charge is 0.435 e. The van der Waals surface area contributed by atoms with Gasteiger partial charge in [-0.2, -0.15) is 18.3 Å². The van der Waals surface area contributed by atoms with Crippen LogP contribution in [0, 0.1) is 0 Å². The first-order valence-corrected chi connectivity index (χ1v) is 12.7. The van der Waals surface area contributed by atoms with Crippen LogP contribution in [0.15, 0.2) is 77.7 Å². The molecule has 1 aromatic heterocycles. The van der Waals surface area contributed by atoms with E-state index < -0.39 is 21.7 Å². The maximum absolute atomic E-state index is 13.3. The van der Waals surface area contributed by atoms with Crippen molar-refractivity contribution in [3.8, 4) is 22.6 Å². The lowest BCUT2D eigenvalue weighted by Crippen LogP contribution is -2.08. The lowest BCUT2D eigenvalue weighted by atomic mass is 10.1. The molecule has 0 atom stereocenters. The minimum absolute atomic E-state index is 0.131. The number of benzene rings is 3. The number of nitrogens with zero attached hydrogens (tertiary/aromatic N) is 2. The van der Waals surface area contributed by atoms with Crippen LogP contribution in [0.2, 0.25) is 10.0 Å². The van der Waals surface area contributed by atoms with Crippen molar-refractivity contribution in [3.63, 3.8) is 0 Å². The Balaban J connectivity index is 1.62. The molecule has 5 nitrogen and oxygen atoms in total. The average molecular weight is 541 g/mol. The van der Waals surface area contributed by atoms with Gasteiger partial charge in [0.2, 0.25) is 0 Å². The van der Waals surface area contributed by atoms with E-state index in [9.17, 15) is 21.6 Å². The summed E-state index contributed by atoms with van der Waals surface area (Å²) in [4.78, 5) is 0.152. The van der Waals surface area contributed by atoms with E-state index in [1.165, 1.54) is 18.2 Å². The van der Waals surface area contributed by atoms with Gasteiger partial charge in [0.15, 0.2) is 15.5 Å². The van der Waals surface area contributed by atoms with Gasteiger partial charge in [-0.05, 0) is 54.1 Å². The number of halogens is 5. The molecule has 0 unspecified atom stereocenters. The third-order valence-electron chi connectivity index (χ3n) is 5.05. The first kappa shape index (κ1) is 25.1. The van der Waals surface area contributed by atoms with Gasteiger partial charge in [0.1, 0.15) is 12.4 Å². The standard InChI is InChI=1S/C24H17Cl2F3N2O3S/c1-35(32,33)18-6-4-5-15(11-18)19-10-9-17(13-21(19)26)34-14-16-12-23(24(27,28)29)30-31(16)22-8-3-2-7-20(22)25/h2-13H,14H2,1H3. The summed E-state index contributed by atoms with van der Waals surface area (Å²) >= 11 is 12.6. The van der Waals surface area contributed by atoms with Crippen molar-refractivity contribution in [2.24, 2.45) is 0 Å². The Morgan fingerprint density at radius 2 is 1.69 bits per heavy atom. The Morgan fingerprint density at radius 1 is 0.943 bits per heavy atom. The minimum atomic E-state index is -4.65. The minimum Gasteiger partial charge on any atom is -0.487 e. The predicted molar refractivity (Wildman–Crippen MR) is 128 cm³/mol. The summed E-state index contributed by atoms with van der Waals surface area (Å²) in [5, 5.41) is 4.19. The second-order valence-corrected chi connectivity index (χ2v) is 10.4. The monoisotopic (exact) mass is 540 g/mol. The highest BCUT2D eigenvalue weighted by Gasteiger charge is 2.35. The number of alkyl halides is 3. The molecule has 0 aliphatic rings. The van der Waals surface area contributed by atoms with Crippen molar-refractivity contribution in [1.82, 2.24) is 9.78 Å². The molecule has 0 saturated heterocycles. The second kappa shape index (κ2) is 9.56. The lowest BCUT2D eigenvalue weighted by molar-refractivity contribution is -0.141. The second-order valence-electron chi connectivity index (χ2n) is 7.61. The Bertz CT molecular complexity index is 1500. The van der Waals surface area contributed by atoms with Crippen LogP contribution in [0.1, 0.15) is 11.4 Å². The van der Waals surface area contributed by atoms with E-state index in [0.717, 1.165) is 17.0 Å². The third-order valence-corrected chi connectivity index (χ3v) is 6.80. The van der Waals surface area contributed by atoms with Crippen molar-refractivity contribution < 1.29 is 26.3 Å². The molecule has 0 radical (unpaired) electrons. The molecule has 0 amide bonds.